The third kappa shape index (κ3) is 3.18. The standard InChI is InChI=1S/C8H19NO2/c1-3-8(4-2,7-11)9-5-6-10/h9-11H,3-7H2,1-2H3. The highest BCUT2D eigenvalue weighted by molar-refractivity contribution is 4.84. The van der Waals surface area contributed by atoms with Gasteiger partial charge in [0.05, 0.1) is 13.2 Å². The Morgan fingerprint density at radius 3 is 2.00 bits per heavy atom. The van der Waals surface area contributed by atoms with Crippen LogP contribution in [0.25, 0.3) is 0 Å². The van der Waals surface area contributed by atoms with E-state index in [4.69, 9.17) is 10.2 Å². The van der Waals surface area contributed by atoms with Gasteiger partial charge in [-0.3, -0.25) is 0 Å². The van der Waals surface area contributed by atoms with Gasteiger partial charge in [0.2, 0.25) is 0 Å². The molecule has 0 aliphatic rings. The van der Waals surface area contributed by atoms with Gasteiger partial charge in [-0.2, -0.15) is 0 Å². The molecule has 0 aliphatic heterocycles. The predicted molar refractivity (Wildman–Crippen MR) is 45.5 cm³/mol. The van der Waals surface area contributed by atoms with E-state index in [1.54, 1.807) is 0 Å². The van der Waals surface area contributed by atoms with Gasteiger partial charge in [0, 0.05) is 12.1 Å². The fraction of sp³-hybridized carbons (Fsp3) is 1.00. The van der Waals surface area contributed by atoms with Crippen molar-refractivity contribution in [2.75, 3.05) is 19.8 Å². The lowest BCUT2D eigenvalue weighted by Crippen LogP contribution is -2.48. The molecule has 0 saturated carbocycles. The van der Waals surface area contributed by atoms with Crippen LogP contribution in [-0.2, 0) is 0 Å². The quantitative estimate of drug-likeness (QED) is 0.518. The van der Waals surface area contributed by atoms with Gasteiger partial charge in [-0.15, -0.1) is 0 Å². The first-order valence-corrected chi connectivity index (χ1v) is 4.21. The summed E-state index contributed by atoms with van der Waals surface area (Å²) in [5.74, 6) is 0. The highest BCUT2D eigenvalue weighted by atomic mass is 16.3. The van der Waals surface area contributed by atoms with Crippen LogP contribution in [0.1, 0.15) is 26.7 Å². The number of hydrogen-bond donors (Lipinski definition) is 3. The van der Waals surface area contributed by atoms with Crippen LogP contribution in [0.5, 0.6) is 0 Å². The SMILES string of the molecule is CCC(CC)(CO)NCCO. The molecule has 0 aromatic carbocycles. The van der Waals surface area contributed by atoms with E-state index in [1.165, 1.54) is 0 Å². The van der Waals surface area contributed by atoms with Crippen molar-refractivity contribution < 1.29 is 10.2 Å². The second-order valence-electron chi connectivity index (χ2n) is 2.80. The second-order valence-corrected chi connectivity index (χ2v) is 2.80. The van der Waals surface area contributed by atoms with Gasteiger partial charge in [-0.25, -0.2) is 0 Å². The van der Waals surface area contributed by atoms with Crippen LogP contribution in [0.15, 0.2) is 0 Å². The minimum atomic E-state index is -0.178. The Kier molecular flexibility index (Phi) is 5.46. The van der Waals surface area contributed by atoms with Gasteiger partial charge in [0.1, 0.15) is 0 Å². The molecule has 3 nitrogen and oxygen atoms in total. The number of aliphatic hydroxyl groups excluding tert-OH is 2. The number of aliphatic hydroxyl groups is 2. The molecule has 0 fully saturated rings. The maximum Gasteiger partial charge on any atom is 0.0613 e. The molecule has 0 aromatic heterocycles. The third-order valence-corrected chi connectivity index (χ3v) is 2.27. The Morgan fingerprint density at radius 1 is 1.18 bits per heavy atom. The molecule has 0 atom stereocenters. The molecule has 3 heteroatoms. The molecule has 0 saturated heterocycles. The summed E-state index contributed by atoms with van der Waals surface area (Å²) >= 11 is 0. The summed E-state index contributed by atoms with van der Waals surface area (Å²) in [5, 5.41) is 20.8. The van der Waals surface area contributed by atoms with Crippen molar-refractivity contribution >= 4 is 0 Å². The third-order valence-electron chi connectivity index (χ3n) is 2.27. The van der Waals surface area contributed by atoms with Crippen LogP contribution in [0.3, 0.4) is 0 Å². The summed E-state index contributed by atoms with van der Waals surface area (Å²) in [6, 6.07) is 0. The lowest BCUT2D eigenvalue weighted by Gasteiger charge is -2.30. The molecule has 0 aliphatic carbocycles. The average Bonchev–Trinajstić information content (AvgIpc) is 2.08. The normalized spacial score (nSPS) is 12.0. The lowest BCUT2D eigenvalue weighted by molar-refractivity contribution is 0.142. The molecule has 0 heterocycles. The van der Waals surface area contributed by atoms with Crippen LogP contribution in [0.2, 0.25) is 0 Å². The van der Waals surface area contributed by atoms with E-state index in [0.29, 0.717) is 6.54 Å². The molecular formula is C8H19NO2. The fourth-order valence-electron chi connectivity index (χ4n) is 1.10. The largest absolute Gasteiger partial charge is 0.395 e. The highest BCUT2D eigenvalue weighted by Crippen LogP contribution is 2.12. The van der Waals surface area contributed by atoms with Crippen LogP contribution < -0.4 is 5.32 Å². The van der Waals surface area contributed by atoms with Gasteiger partial charge in [0.15, 0.2) is 0 Å². The van der Waals surface area contributed by atoms with Crippen molar-refractivity contribution in [2.24, 2.45) is 0 Å². The van der Waals surface area contributed by atoms with Crippen molar-refractivity contribution in [2.45, 2.75) is 32.2 Å². The zero-order valence-electron chi connectivity index (χ0n) is 7.43. The van der Waals surface area contributed by atoms with E-state index >= 15 is 0 Å². The first kappa shape index (κ1) is 10.9. The summed E-state index contributed by atoms with van der Waals surface area (Å²) in [4.78, 5) is 0. The summed E-state index contributed by atoms with van der Waals surface area (Å²) < 4.78 is 0. The van der Waals surface area contributed by atoms with Crippen molar-refractivity contribution in [3.8, 4) is 0 Å². The molecule has 0 rings (SSSR count). The van der Waals surface area contributed by atoms with Crippen LogP contribution in [0, 0.1) is 0 Å². The zero-order valence-corrected chi connectivity index (χ0v) is 7.43. The minimum Gasteiger partial charge on any atom is -0.395 e. The van der Waals surface area contributed by atoms with E-state index in [-0.39, 0.29) is 18.8 Å². The van der Waals surface area contributed by atoms with Gasteiger partial charge >= 0.3 is 0 Å². The topological polar surface area (TPSA) is 52.5 Å². The van der Waals surface area contributed by atoms with Crippen LogP contribution in [0.4, 0.5) is 0 Å². The maximum absolute atomic E-state index is 9.06. The first-order valence-electron chi connectivity index (χ1n) is 4.21. The fourth-order valence-corrected chi connectivity index (χ4v) is 1.10. The minimum absolute atomic E-state index is 0.127. The van der Waals surface area contributed by atoms with Crippen molar-refractivity contribution in [3.05, 3.63) is 0 Å². The van der Waals surface area contributed by atoms with E-state index < -0.39 is 0 Å². The zero-order chi connectivity index (χ0) is 8.74. The molecule has 0 bridgehead atoms. The average molecular weight is 161 g/mol. The molecule has 68 valence electrons. The monoisotopic (exact) mass is 161 g/mol. The van der Waals surface area contributed by atoms with Gasteiger partial charge in [-0.1, -0.05) is 13.8 Å². The van der Waals surface area contributed by atoms with Crippen LogP contribution >= 0.6 is 0 Å². The smallest absolute Gasteiger partial charge is 0.0613 e. The summed E-state index contributed by atoms with van der Waals surface area (Å²) in [6.07, 6.45) is 1.78. The number of nitrogens with one attached hydrogen (secondary N) is 1. The summed E-state index contributed by atoms with van der Waals surface area (Å²) in [7, 11) is 0. The van der Waals surface area contributed by atoms with E-state index in [0.717, 1.165) is 12.8 Å². The lowest BCUT2D eigenvalue weighted by atomic mass is 9.94. The van der Waals surface area contributed by atoms with E-state index in [2.05, 4.69) is 5.32 Å². The summed E-state index contributed by atoms with van der Waals surface area (Å²) in [5.41, 5.74) is -0.178. The summed E-state index contributed by atoms with van der Waals surface area (Å²) in [6.45, 7) is 4.89. The Labute approximate surface area is 68.4 Å². The van der Waals surface area contributed by atoms with E-state index in [1.807, 2.05) is 13.8 Å². The van der Waals surface area contributed by atoms with Crippen molar-refractivity contribution in [3.63, 3.8) is 0 Å². The van der Waals surface area contributed by atoms with Gasteiger partial charge < -0.3 is 15.5 Å². The van der Waals surface area contributed by atoms with Crippen molar-refractivity contribution in [1.29, 1.82) is 0 Å². The number of rotatable bonds is 6. The Hall–Kier alpha value is -0.120. The molecule has 0 amide bonds. The number of hydrogen-bond acceptors (Lipinski definition) is 3. The highest BCUT2D eigenvalue weighted by Gasteiger charge is 2.23. The van der Waals surface area contributed by atoms with Crippen molar-refractivity contribution in [1.82, 2.24) is 5.32 Å². The Bertz CT molecular complexity index is 83.8. The van der Waals surface area contributed by atoms with Gasteiger partial charge in [-0.05, 0) is 12.8 Å². The Balaban J connectivity index is 3.84. The number of β-amino-alcohol motifs (C(OH)–C–C–N with tert-alkyl or cyclic N) is 1. The van der Waals surface area contributed by atoms with Crippen LogP contribution in [-0.4, -0.2) is 35.5 Å². The molecule has 11 heavy (non-hydrogen) atoms. The predicted octanol–water partition coefficient (Wildman–Crippen LogP) is 0.119. The Morgan fingerprint density at radius 2 is 1.73 bits per heavy atom. The van der Waals surface area contributed by atoms with Gasteiger partial charge in [0.25, 0.3) is 0 Å². The first-order chi connectivity index (χ1) is 5.24. The molecule has 3 N–H and O–H groups in total. The maximum atomic E-state index is 9.06. The molecule has 0 spiro atoms. The second kappa shape index (κ2) is 5.52. The van der Waals surface area contributed by atoms with E-state index in [9.17, 15) is 0 Å². The molecule has 0 aromatic rings. The molecular weight excluding hydrogens is 142 g/mol. The molecule has 0 radical (unpaired) electrons. The molecule has 0 unspecified atom stereocenters.